The van der Waals surface area contributed by atoms with Crippen molar-refractivity contribution < 1.29 is 26.4 Å². The quantitative estimate of drug-likeness (QED) is 0.502. The second kappa shape index (κ2) is 10.1. The van der Waals surface area contributed by atoms with Gasteiger partial charge < -0.3 is 15.5 Å². The van der Waals surface area contributed by atoms with E-state index in [0.29, 0.717) is 16.8 Å². The molecule has 1 heterocycles. The lowest BCUT2D eigenvalue weighted by Crippen LogP contribution is -2.52. The molecule has 0 unspecified atom stereocenters. The average molecular weight is 449 g/mol. The van der Waals surface area contributed by atoms with E-state index in [4.69, 9.17) is 0 Å². The van der Waals surface area contributed by atoms with Gasteiger partial charge in [0.15, 0.2) is 5.96 Å². The minimum Gasteiger partial charge on any atom is -0.354 e. The summed E-state index contributed by atoms with van der Waals surface area (Å²) in [6.07, 6.45) is 0.367. The molecular weight excluding hydrogens is 423 g/mol. The smallest absolute Gasteiger partial charge is 0.354 e. The van der Waals surface area contributed by atoms with Crippen LogP contribution in [0.1, 0.15) is 18.4 Å². The first-order valence-electron chi connectivity index (χ1n) is 9.36. The van der Waals surface area contributed by atoms with Crippen LogP contribution in [0.25, 0.3) is 0 Å². The van der Waals surface area contributed by atoms with Gasteiger partial charge >= 0.3 is 15.5 Å². The highest BCUT2D eigenvalue weighted by Gasteiger charge is 2.50. The number of rotatable bonds is 6. The van der Waals surface area contributed by atoms with Gasteiger partial charge in [-0.1, -0.05) is 30.3 Å². The molecule has 1 aliphatic rings. The predicted octanol–water partition coefficient (Wildman–Crippen LogP) is 1.12. The van der Waals surface area contributed by atoms with E-state index in [1.165, 1.54) is 4.90 Å². The molecular formula is C18H26F3N5O3S. The lowest BCUT2D eigenvalue weighted by molar-refractivity contribution is -0.127. The van der Waals surface area contributed by atoms with Crippen molar-refractivity contribution in [3.63, 3.8) is 0 Å². The number of carbonyl (C=O) groups excluding carboxylic acids is 1. The molecule has 168 valence electrons. The number of carbonyl (C=O) groups is 1. The highest BCUT2D eigenvalue weighted by molar-refractivity contribution is 7.90. The Kier molecular flexibility index (Phi) is 8.07. The van der Waals surface area contributed by atoms with Gasteiger partial charge in [0.05, 0.1) is 13.1 Å². The minimum atomic E-state index is -5.32. The van der Waals surface area contributed by atoms with Crippen LogP contribution < -0.4 is 10.6 Å². The Hall–Kier alpha value is -2.34. The number of guanidine groups is 1. The first kappa shape index (κ1) is 23.9. The number of nitrogens with zero attached hydrogens (tertiary/aromatic N) is 3. The maximum absolute atomic E-state index is 12.7. The molecule has 0 bridgehead atoms. The molecule has 0 aromatic heterocycles. The Morgan fingerprint density at radius 3 is 2.33 bits per heavy atom. The first-order valence-corrected chi connectivity index (χ1v) is 10.8. The molecule has 1 aliphatic heterocycles. The van der Waals surface area contributed by atoms with Gasteiger partial charge in [0, 0.05) is 33.2 Å². The second-order valence-corrected chi connectivity index (χ2v) is 8.99. The van der Waals surface area contributed by atoms with Gasteiger partial charge in [-0.05, 0) is 18.4 Å². The topological polar surface area (TPSA) is 94.1 Å². The molecule has 1 aromatic rings. The maximum atomic E-state index is 12.7. The van der Waals surface area contributed by atoms with E-state index in [-0.39, 0.29) is 44.4 Å². The van der Waals surface area contributed by atoms with Gasteiger partial charge in [-0.3, -0.25) is 4.79 Å². The molecule has 0 atom stereocenters. The van der Waals surface area contributed by atoms with Crippen LogP contribution in [0.15, 0.2) is 35.3 Å². The SMILES string of the molecule is CN(C)C(=O)CNC(=NCc1ccccc1)NC1CCN(S(=O)(=O)C(F)(F)F)CC1. The molecule has 1 saturated heterocycles. The van der Waals surface area contributed by atoms with Gasteiger partial charge in [-0.2, -0.15) is 17.5 Å². The molecule has 8 nitrogen and oxygen atoms in total. The summed E-state index contributed by atoms with van der Waals surface area (Å²) in [5.41, 5.74) is -4.35. The number of nitrogens with one attached hydrogen (secondary N) is 2. The van der Waals surface area contributed by atoms with Crippen molar-refractivity contribution in [2.75, 3.05) is 33.7 Å². The Morgan fingerprint density at radius 1 is 1.20 bits per heavy atom. The van der Waals surface area contributed by atoms with Crippen molar-refractivity contribution >= 4 is 21.9 Å². The third-order valence-corrected chi connectivity index (χ3v) is 6.23. The van der Waals surface area contributed by atoms with Crippen molar-refractivity contribution in [2.24, 2.45) is 4.99 Å². The van der Waals surface area contributed by atoms with E-state index in [1.54, 1.807) is 14.1 Å². The molecule has 2 N–H and O–H groups in total. The molecule has 1 fully saturated rings. The number of benzene rings is 1. The van der Waals surface area contributed by atoms with Crippen LogP contribution in [0.4, 0.5) is 13.2 Å². The highest BCUT2D eigenvalue weighted by Crippen LogP contribution is 2.28. The summed E-state index contributed by atoms with van der Waals surface area (Å²) in [6.45, 7) is -0.160. The Bertz CT molecular complexity index is 836. The maximum Gasteiger partial charge on any atom is 0.511 e. The van der Waals surface area contributed by atoms with E-state index >= 15 is 0 Å². The fourth-order valence-electron chi connectivity index (χ4n) is 2.80. The molecule has 0 radical (unpaired) electrons. The highest BCUT2D eigenvalue weighted by atomic mass is 32.2. The first-order chi connectivity index (χ1) is 14.0. The van der Waals surface area contributed by atoms with Crippen LogP contribution in [0.3, 0.4) is 0 Å². The van der Waals surface area contributed by atoms with Crippen LogP contribution in [0.2, 0.25) is 0 Å². The second-order valence-electron chi connectivity index (χ2n) is 7.06. The third-order valence-electron chi connectivity index (χ3n) is 4.60. The van der Waals surface area contributed by atoms with Crippen LogP contribution in [-0.4, -0.2) is 74.8 Å². The molecule has 0 aliphatic carbocycles. The molecule has 30 heavy (non-hydrogen) atoms. The minimum absolute atomic E-state index is 0.00504. The average Bonchev–Trinajstić information content (AvgIpc) is 2.70. The summed E-state index contributed by atoms with van der Waals surface area (Å²) in [7, 11) is -2.08. The number of piperidine rings is 1. The number of likely N-dealkylation sites (N-methyl/N-ethyl adjacent to an activating group) is 1. The summed E-state index contributed by atoms with van der Waals surface area (Å²) in [4.78, 5) is 17.7. The van der Waals surface area contributed by atoms with E-state index < -0.39 is 15.5 Å². The van der Waals surface area contributed by atoms with E-state index in [1.807, 2.05) is 30.3 Å². The van der Waals surface area contributed by atoms with Crippen LogP contribution in [-0.2, 0) is 21.4 Å². The van der Waals surface area contributed by atoms with Crippen LogP contribution >= 0.6 is 0 Å². The number of hydrogen-bond donors (Lipinski definition) is 2. The number of amides is 1. The van der Waals surface area contributed by atoms with Crippen molar-refractivity contribution in [2.45, 2.75) is 30.9 Å². The fraction of sp³-hybridized carbons (Fsp3) is 0.556. The molecule has 1 aromatic carbocycles. The van der Waals surface area contributed by atoms with Crippen molar-refractivity contribution in [1.29, 1.82) is 0 Å². The normalized spacial score (nSPS) is 16.9. The predicted molar refractivity (Wildman–Crippen MR) is 107 cm³/mol. The number of aliphatic imine (C=N–C) groups is 1. The third kappa shape index (κ3) is 6.59. The molecule has 0 saturated carbocycles. The molecule has 0 spiro atoms. The van der Waals surface area contributed by atoms with E-state index in [0.717, 1.165) is 5.56 Å². The van der Waals surface area contributed by atoms with Crippen molar-refractivity contribution in [3.05, 3.63) is 35.9 Å². The van der Waals surface area contributed by atoms with Gasteiger partial charge in [-0.25, -0.2) is 13.4 Å². The zero-order valence-electron chi connectivity index (χ0n) is 16.8. The van der Waals surface area contributed by atoms with Gasteiger partial charge in [0.2, 0.25) is 5.91 Å². The van der Waals surface area contributed by atoms with E-state index in [2.05, 4.69) is 15.6 Å². The number of halogens is 3. The number of alkyl halides is 3. The van der Waals surface area contributed by atoms with Gasteiger partial charge in [0.25, 0.3) is 0 Å². The molecule has 1 amide bonds. The zero-order valence-corrected chi connectivity index (χ0v) is 17.6. The van der Waals surface area contributed by atoms with Crippen molar-refractivity contribution in [1.82, 2.24) is 19.8 Å². The lowest BCUT2D eigenvalue weighted by Gasteiger charge is -2.32. The standard InChI is InChI=1S/C18H26F3N5O3S/c1-25(2)16(27)13-23-17(22-12-14-6-4-3-5-7-14)24-15-8-10-26(11-9-15)30(28,29)18(19,20)21/h3-7,15H,8-13H2,1-2H3,(H2,22,23,24). The summed E-state index contributed by atoms with van der Waals surface area (Å²) >= 11 is 0. The van der Waals surface area contributed by atoms with Gasteiger partial charge in [0.1, 0.15) is 0 Å². The summed E-state index contributed by atoms with van der Waals surface area (Å²) in [5, 5.41) is 6.02. The summed E-state index contributed by atoms with van der Waals surface area (Å²) in [6, 6.07) is 9.14. The fourth-order valence-corrected chi connectivity index (χ4v) is 3.79. The monoisotopic (exact) mass is 449 g/mol. The Morgan fingerprint density at radius 2 is 1.80 bits per heavy atom. The largest absolute Gasteiger partial charge is 0.511 e. The van der Waals surface area contributed by atoms with Crippen LogP contribution in [0, 0.1) is 0 Å². The summed E-state index contributed by atoms with van der Waals surface area (Å²) < 4.78 is 61.7. The Balaban J connectivity index is 2.01. The van der Waals surface area contributed by atoms with Crippen LogP contribution in [0.5, 0.6) is 0 Å². The van der Waals surface area contributed by atoms with Crippen molar-refractivity contribution in [3.8, 4) is 0 Å². The van der Waals surface area contributed by atoms with Gasteiger partial charge in [-0.15, -0.1) is 0 Å². The zero-order chi connectivity index (χ0) is 22.4. The lowest BCUT2D eigenvalue weighted by atomic mass is 10.1. The summed E-state index contributed by atoms with van der Waals surface area (Å²) in [5.74, 6) is 0.168. The number of hydrogen-bond acceptors (Lipinski definition) is 4. The molecule has 2 rings (SSSR count). The molecule has 12 heteroatoms. The number of sulfonamides is 1. The van der Waals surface area contributed by atoms with E-state index in [9.17, 15) is 26.4 Å². The Labute approximate surface area is 174 Å².